The summed E-state index contributed by atoms with van der Waals surface area (Å²) >= 11 is 0. The molecule has 1 heterocycles. The Bertz CT molecular complexity index is 763. The van der Waals surface area contributed by atoms with Gasteiger partial charge in [-0.3, -0.25) is 4.79 Å². The molecule has 140 valence electrons. The van der Waals surface area contributed by atoms with E-state index in [9.17, 15) is 9.59 Å². The predicted octanol–water partition coefficient (Wildman–Crippen LogP) is 4.42. The van der Waals surface area contributed by atoms with Crippen LogP contribution in [0.4, 0.5) is 5.69 Å². The summed E-state index contributed by atoms with van der Waals surface area (Å²) < 4.78 is 10.3. The van der Waals surface area contributed by atoms with E-state index >= 15 is 0 Å². The third-order valence-corrected chi connectivity index (χ3v) is 4.33. The Hall–Kier alpha value is -2.63. The number of hydrogen-bond acceptors (Lipinski definition) is 5. The van der Waals surface area contributed by atoms with Gasteiger partial charge < -0.3 is 14.6 Å². The zero-order valence-electron chi connectivity index (χ0n) is 16.0. The number of esters is 1. The Morgan fingerprint density at radius 1 is 1.19 bits per heavy atom. The molecule has 1 atom stereocenters. The highest BCUT2D eigenvalue weighted by atomic mass is 16.5. The summed E-state index contributed by atoms with van der Waals surface area (Å²) in [4.78, 5) is 24.3. The summed E-state index contributed by atoms with van der Waals surface area (Å²) in [5.41, 5.74) is 2.65. The first-order valence-electron chi connectivity index (χ1n) is 8.86. The number of amides is 1. The molecule has 0 fully saturated rings. The first-order valence-corrected chi connectivity index (χ1v) is 8.86. The van der Waals surface area contributed by atoms with Crippen molar-refractivity contribution in [2.75, 3.05) is 11.9 Å². The summed E-state index contributed by atoms with van der Waals surface area (Å²) in [7, 11) is 0. The lowest BCUT2D eigenvalue weighted by atomic mass is 9.99. The van der Waals surface area contributed by atoms with Crippen LogP contribution in [0.2, 0.25) is 0 Å². The third-order valence-electron chi connectivity index (χ3n) is 4.33. The highest BCUT2D eigenvalue weighted by Crippen LogP contribution is 2.23. The Morgan fingerprint density at radius 2 is 1.85 bits per heavy atom. The zero-order chi connectivity index (χ0) is 19.3. The first kappa shape index (κ1) is 19.7. The van der Waals surface area contributed by atoms with Crippen molar-refractivity contribution < 1.29 is 18.8 Å². The molecule has 0 unspecified atom stereocenters. The Labute approximate surface area is 153 Å². The van der Waals surface area contributed by atoms with Gasteiger partial charge in [-0.15, -0.1) is 0 Å². The lowest BCUT2D eigenvalue weighted by Crippen LogP contribution is -2.21. The van der Waals surface area contributed by atoms with Crippen LogP contribution < -0.4 is 5.32 Å². The fourth-order valence-corrected chi connectivity index (χ4v) is 2.56. The van der Waals surface area contributed by atoms with Crippen molar-refractivity contribution >= 4 is 17.6 Å². The average Bonchev–Trinajstić information content (AvgIpc) is 3.01. The fraction of sp³-hybridized carbons (Fsp3) is 0.450. The summed E-state index contributed by atoms with van der Waals surface area (Å²) in [6.45, 7) is 9.39. The van der Waals surface area contributed by atoms with Crippen molar-refractivity contribution in [3.05, 3.63) is 46.8 Å². The van der Waals surface area contributed by atoms with Crippen molar-refractivity contribution in [1.29, 1.82) is 0 Å². The second-order valence-corrected chi connectivity index (χ2v) is 6.72. The normalized spacial score (nSPS) is 12.1. The molecule has 0 aliphatic heterocycles. The number of aryl methyl sites for hydroxylation is 1. The van der Waals surface area contributed by atoms with E-state index in [1.807, 2.05) is 38.1 Å². The number of ether oxygens (including phenoxy) is 1. The van der Waals surface area contributed by atoms with Gasteiger partial charge >= 0.3 is 5.97 Å². The number of hydrogen-bond donors (Lipinski definition) is 1. The SMILES string of the molecule is CC[C@@H](C)c1ccc(NC(=O)COC(=O)c2c(C)noc2C(C)C)cc1. The zero-order valence-corrected chi connectivity index (χ0v) is 16.0. The van der Waals surface area contributed by atoms with Gasteiger partial charge in [-0.1, -0.05) is 45.0 Å². The highest BCUT2D eigenvalue weighted by molar-refractivity contribution is 5.96. The van der Waals surface area contributed by atoms with Crippen molar-refractivity contribution in [1.82, 2.24) is 5.16 Å². The minimum Gasteiger partial charge on any atom is -0.452 e. The van der Waals surface area contributed by atoms with Gasteiger partial charge in [-0.25, -0.2) is 4.79 Å². The molecule has 0 radical (unpaired) electrons. The smallest absolute Gasteiger partial charge is 0.344 e. The van der Waals surface area contributed by atoms with E-state index in [0.29, 0.717) is 28.6 Å². The molecule has 6 nitrogen and oxygen atoms in total. The van der Waals surface area contributed by atoms with Crippen molar-refractivity contribution in [2.24, 2.45) is 0 Å². The number of rotatable bonds is 7. The number of benzene rings is 1. The lowest BCUT2D eigenvalue weighted by Gasteiger charge is -2.11. The minimum absolute atomic E-state index is 0.00314. The Morgan fingerprint density at radius 3 is 2.42 bits per heavy atom. The van der Waals surface area contributed by atoms with Gasteiger partial charge in [-0.2, -0.15) is 0 Å². The molecule has 0 bridgehead atoms. The summed E-state index contributed by atoms with van der Waals surface area (Å²) in [6, 6.07) is 7.68. The Balaban J connectivity index is 1.93. The largest absolute Gasteiger partial charge is 0.452 e. The van der Waals surface area contributed by atoms with Crippen LogP contribution in [0, 0.1) is 6.92 Å². The maximum absolute atomic E-state index is 12.3. The Kier molecular flexibility index (Phi) is 6.55. The van der Waals surface area contributed by atoms with Crippen molar-refractivity contribution in [2.45, 2.75) is 52.9 Å². The summed E-state index contributed by atoms with van der Waals surface area (Å²) in [6.07, 6.45) is 1.06. The number of carbonyl (C=O) groups is 2. The first-order chi connectivity index (χ1) is 12.3. The van der Waals surface area contributed by atoms with E-state index in [1.165, 1.54) is 5.56 Å². The predicted molar refractivity (Wildman–Crippen MR) is 99.4 cm³/mol. The number of nitrogens with one attached hydrogen (secondary N) is 1. The van der Waals surface area contributed by atoms with Crippen LogP contribution in [-0.4, -0.2) is 23.6 Å². The van der Waals surface area contributed by atoms with Crippen LogP contribution in [0.15, 0.2) is 28.8 Å². The summed E-state index contributed by atoms with van der Waals surface area (Å²) in [5.74, 6) is -0.0580. The standard InChI is InChI=1S/C20H26N2O4/c1-6-13(4)15-7-9-16(10-8-15)21-17(23)11-25-20(24)18-14(5)22-26-19(18)12(2)3/h7-10,12-13H,6,11H2,1-5H3,(H,21,23)/t13-/m1/s1. The van der Waals surface area contributed by atoms with Crippen LogP contribution >= 0.6 is 0 Å². The highest BCUT2D eigenvalue weighted by Gasteiger charge is 2.24. The van der Waals surface area contributed by atoms with Crippen LogP contribution in [0.25, 0.3) is 0 Å². The van der Waals surface area contributed by atoms with Crippen molar-refractivity contribution in [3.8, 4) is 0 Å². The second kappa shape index (κ2) is 8.65. The molecular weight excluding hydrogens is 332 g/mol. The minimum atomic E-state index is -0.602. The van der Waals surface area contributed by atoms with E-state index in [0.717, 1.165) is 6.42 Å². The molecule has 1 N–H and O–H groups in total. The molecule has 0 spiro atoms. The van der Waals surface area contributed by atoms with Gasteiger partial charge in [0, 0.05) is 11.6 Å². The molecule has 2 aromatic rings. The van der Waals surface area contributed by atoms with E-state index in [1.54, 1.807) is 6.92 Å². The number of carbonyl (C=O) groups excluding carboxylic acids is 2. The molecule has 1 aromatic carbocycles. The monoisotopic (exact) mass is 358 g/mol. The third kappa shape index (κ3) is 4.71. The van der Waals surface area contributed by atoms with E-state index in [4.69, 9.17) is 9.26 Å². The molecule has 0 saturated carbocycles. The molecule has 0 aliphatic carbocycles. The summed E-state index contributed by atoms with van der Waals surface area (Å²) in [5, 5.41) is 6.53. The van der Waals surface area contributed by atoms with Crippen LogP contribution in [-0.2, 0) is 9.53 Å². The van der Waals surface area contributed by atoms with Gasteiger partial charge in [0.05, 0.1) is 5.69 Å². The maximum Gasteiger partial charge on any atom is 0.344 e. The molecule has 0 saturated heterocycles. The second-order valence-electron chi connectivity index (χ2n) is 6.72. The van der Waals surface area contributed by atoms with E-state index in [-0.39, 0.29) is 12.5 Å². The number of anilines is 1. The van der Waals surface area contributed by atoms with Gasteiger partial charge in [-0.05, 0) is 37.0 Å². The van der Waals surface area contributed by atoms with Gasteiger partial charge in [0.15, 0.2) is 12.4 Å². The molecule has 6 heteroatoms. The maximum atomic E-state index is 12.3. The van der Waals surface area contributed by atoms with E-state index in [2.05, 4.69) is 24.3 Å². The van der Waals surface area contributed by atoms with Crippen molar-refractivity contribution in [3.63, 3.8) is 0 Å². The number of nitrogens with zero attached hydrogens (tertiary/aromatic N) is 1. The molecule has 2 rings (SSSR count). The molecule has 1 amide bonds. The van der Waals surface area contributed by atoms with Gasteiger partial charge in [0.25, 0.3) is 5.91 Å². The van der Waals surface area contributed by atoms with Crippen LogP contribution in [0.5, 0.6) is 0 Å². The molecule has 0 aliphatic rings. The number of aromatic nitrogens is 1. The van der Waals surface area contributed by atoms with Crippen LogP contribution in [0.1, 0.15) is 73.3 Å². The molecule has 26 heavy (non-hydrogen) atoms. The topological polar surface area (TPSA) is 81.4 Å². The molecular formula is C20H26N2O4. The van der Waals surface area contributed by atoms with Gasteiger partial charge in [0.1, 0.15) is 5.56 Å². The molecule has 1 aromatic heterocycles. The quantitative estimate of drug-likeness (QED) is 0.741. The fourth-order valence-electron chi connectivity index (χ4n) is 2.56. The van der Waals surface area contributed by atoms with Gasteiger partial charge in [0.2, 0.25) is 0 Å². The average molecular weight is 358 g/mol. The van der Waals surface area contributed by atoms with Crippen LogP contribution in [0.3, 0.4) is 0 Å². The van der Waals surface area contributed by atoms with E-state index < -0.39 is 11.9 Å². The lowest BCUT2D eigenvalue weighted by molar-refractivity contribution is -0.119.